The topological polar surface area (TPSA) is 59.1 Å². The molecule has 0 spiro atoms. The standard InChI is InChI=1S/C24H30N2O4/c1-24(2,3)30-23(28)25-15-16-26(20(17-25)22(27)29-4)21(18-11-7-5-8-12-18)19-13-9-6-10-14-19/h5-14,20-21H,15-17H2,1-4H3/t20-/m0/s1. The predicted octanol–water partition coefficient (Wildman–Crippen LogP) is 3.87. The number of ether oxygens (including phenoxy) is 2. The van der Waals surface area contributed by atoms with Crippen LogP contribution >= 0.6 is 0 Å². The fourth-order valence-corrected chi connectivity index (χ4v) is 3.79. The van der Waals surface area contributed by atoms with Gasteiger partial charge in [0.25, 0.3) is 0 Å². The summed E-state index contributed by atoms with van der Waals surface area (Å²) >= 11 is 0. The first-order valence-electron chi connectivity index (χ1n) is 10.2. The van der Waals surface area contributed by atoms with Crippen molar-refractivity contribution in [1.82, 2.24) is 9.80 Å². The Kier molecular flexibility index (Phi) is 6.77. The SMILES string of the molecule is COC(=O)[C@@H]1CN(C(=O)OC(C)(C)C)CCN1C(c1ccccc1)c1ccccc1. The van der Waals surface area contributed by atoms with Gasteiger partial charge < -0.3 is 14.4 Å². The van der Waals surface area contributed by atoms with Gasteiger partial charge in [-0.1, -0.05) is 60.7 Å². The van der Waals surface area contributed by atoms with Crippen molar-refractivity contribution in [2.75, 3.05) is 26.7 Å². The molecule has 1 atom stereocenters. The summed E-state index contributed by atoms with van der Waals surface area (Å²) in [7, 11) is 1.38. The average molecular weight is 411 g/mol. The Morgan fingerprint density at radius 2 is 1.47 bits per heavy atom. The third-order valence-corrected chi connectivity index (χ3v) is 5.11. The predicted molar refractivity (Wildman–Crippen MR) is 115 cm³/mol. The molecular weight excluding hydrogens is 380 g/mol. The first-order valence-corrected chi connectivity index (χ1v) is 10.2. The van der Waals surface area contributed by atoms with E-state index in [1.165, 1.54) is 7.11 Å². The van der Waals surface area contributed by atoms with Crippen LogP contribution in [-0.4, -0.2) is 60.2 Å². The van der Waals surface area contributed by atoms with Crippen molar-refractivity contribution in [3.05, 3.63) is 71.8 Å². The number of piperazine rings is 1. The van der Waals surface area contributed by atoms with Crippen LogP contribution in [0.5, 0.6) is 0 Å². The van der Waals surface area contributed by atoms with Gasteiger partial charge in [0, 0.05) is 13.1 Å². The number of amides is 1. The molecule has 0 radical (unpaired) electrons. The molecule has 0 saturated carbocycles. The molecule has 1 aliphatic heterocycles. The van der Waals surface area contributed by atoms with E-state index in [-0.39, 0.29) is 18.6 Å². The molecule has 3 rings (SSSR count). The van der Waals surface area contributed by atoms with E-state index in [0.717, 1.165) is 11.1 Å². The Hall–Kier alpha value is -2.86. The molecule has 6 heteroatoms. The van der Waals surface area contributed by atoms with E-state index in [1.807, 2.05) is 57.2 Å². The summed E-state index contributed by atoms with van der Waals surface area (Å²) in [5.74, 6) is -0.361. The zero-order valence-electron chi connectivity index (χ0n) is 18.1. The van der Waals surface area contributed by atoms with Gasteiger partial charge in [-0.2, -0.15) is 0 Å². The maximum Gasteiger partial charge on any atom is 0.410 e. The molecule has 0 N–H and O–H groups in total. The number of methoxy groups -OCH3 is 1. The highest BCUT2D eigenvalue weighted by molar-refractivity contribution is 5.78. The molecule has 0 bridgehead atoms. The second-order valence-corrected chi connectivity index (χ2v) is 8.43. The largest absolute Gasteiger partial charge is 0.468 e. The van der Waals surface area contributed by atoms with Crippen LogP contribution in [0.15, 0.2) is 60.7 Å². The first-order chi connectivity index (χ1) is 14.3. The Morgan fingerprint density at radius 3 is 1.93 bits per heavy atom. The fraction of sp³-hybridized carbons (Fsp3) is 0.417. The molecule has 1 saturated heterocycles. The van der Waals surface area contributed by atoms with Gasteiger partial charge in [0.05, 0.1) is 19.7 Å². The van der Waals surface area contributed by atoms with E-state index in [2.05, 4.69) is 29.2 Å². The lowest BCUT2D eigenvalue weighted by Crippen LogP contribution is -2.59. The highest BCUT2D eigenvalue weighted by atomic mass is 16.6. The van der Waals surface area contributed by atoms with Crippen LogP contribution in [0.1, 0.15) is 37.9 Å². The Bertz CT molecular complexity index is 809. The van der Waals surface area contributed by atoms with E-state index in [0.29, 0.717) is 13.1 Å². The van der Waals surface area contributed by atoms with E-state index in [1.54, 1.807) is 4.90 Å². The van der Waals surface area contributed by atoms with Gasteiger partial charge >= 0.3 is 12.1 Å². The molecular formula is C24H30N2O4. The van der Waals surface area contributed by atoms with Gasteiger partial charge in [-0.25, -0.2) is 4.79 Å². The summed E-state index contributed by atoms with van der Waals surface area (Å²) in [5.41, 5.74) is 1.58. The van der Waals surface area contributed by atoms with Gasteiger partial charge in [-0.05, 0) is 31.9 Å². The number of esters is 1. The monoisotopic (exact) mass is 410 g/mol. The van der Waals surface area contributed by atoms with Crippen LogP contribution in [0, 0.1) is 0 Å². The van der Waals surface area contributed by atoms with Gasteiger partial charge in [-0.3, -0.25) is 9.69 Å². The van der Waals surface area contributed by atoms with Crippen molar-refractivity contribution >= 4 is 12.1 Å². The van der Waals surface area contributed by atoms with Crippen molar-refractivity contribution in [1.29, 1.82) is 0 Å². The van der Waals surface area contributed by atoms with Crippen molar-refractivity contribution in [2.24, 2.45) is 0 Å². The lowest BCUT2D eigenvalue weighted by Gasteiger charge is -2.44. The fourth-order valence-electron chi connectivity index (χ4n) is 3.79. The van der Waals surface area contributed by atoms with Crippen LogP contribution in [0.3, 0.4) is 0 Å². The minimum absolute atomic E-state index is 0.128. The molecule has 1 aliphatic rings. The van der Waals surface area contributed by atoms with Crippen molar-refractivity contribution < 1.29 is 19.1 Å². The molecule has 1 heterocycles. The normalized spacial score (nSPS) is 17.6. The number of hydrogen-bond acceptors (Lipinski definition) is 5. The van der Waals surface area contributed by atoms with Crippen LogP contribution in [0.25, 0.3) is 0 Å². The van der Waals surface area contributed by atoms with Gasteiger partial charge in [0.15, 0.2) is 0 Å². The second kappa shape index (κ2) is 9.30. The molecule has 2 aromatic rings. The van der Waals surface area contributed by atoms with Crippen LogP contribution in [0.4, 0.5) is 4.79 Å². The number of rotatable bonds is 4. The second-order valence-electron chi connectivity index (χ2n) is 8.43. The lowest BCUT2D eigenvalue weighted by atomic mass is 9.94. The van der Waals surface area contributed by atoms with E-state index in [4.69, 9.17) is 9.47 Å². The Morgan fingerprint density at radius 1 is 0.933 bits per heavy atom. The number of hydrogen-bond donors (Lipinski definition) is 0. The minimum atomic E-state index is -0.596. The van der Waals surface area contributed by atoms with Crippen LogP contribution in [-0.2, 0) is 14.3 Å². The molecule has 1 fully saturated rings. The summed E-state index contributed by atoms with van der Waals surface area (Å²) < 4.78 is 10.6. The molecule has 160 valence electrons. The molecule has 0 unspecified atom stereocenters. The average Bonchev–Trinajstić information content (AvgIpc) is 2.74. The minimum Gasteiger partial charge on any atom is -0.468 e. The van der Waals surface area contributed by atoms with Gasteiger partial charge in [0.1, 0.15) is 11.6 Å². The third kappa shape index (κ3) is 5.19. The maximum atomic E-state index is 12.8. The van der Waals surface area contributed by atoms with Crippen molar-refractivity contribution in [2.45, 2.75) is 38.5 Å². The highest BCUT2D eigenvalue weighted by Gasteiger charge is 2.40. The van der Waals surface area contributed by atoms with Crippen molar-refractivity contribution in [3.8, 4) is 0 Å². The molecule has 0 aromatic heterocycles. The number of benzene rings is 2. The Balaban J connectivity index is 1.93. The zero-order valence-corrected chi connectivity index (χ0v) is 18.1. The summed E-state index contributed by atoms with van der Waals surface area (Å²) in [6.07, 6.45) is -0.410. The third-order valence-electron chi connectivity index (χ3n) is 5.11. The first kappa shape index (κ1) is 21.8. The summed E-state index contributed by atoms with van der Waals surface area (Å²) in [6, 6.07) is 19.5. The van der Waals surface area contributed by atoms with E-state index < -0.39 is 17.7 Å². The summed E-state index contributed by atoms with van der Waals surface area (Å²) in [5, 5.41) is 0. The summed E-state index contributed by atoms with van der Waals surface area (Å²) in [6.45, 7) is 6.71. The molecule has 6 nitrogen and oxygen atoms in total. The van der Waals surface area contributed by atoms with Gasteiger partial charge in [-0.15, -0.1) is 0 Å². The smallest absolute Gasteiger partial charge is 0.410 e. The van der Waals surface area contributed by atoms with Crippen LogP contribution < -0.4 is 0 Å². The molecule has 30 heavy (non-hydrogen) atoms. The summed E-state index contributed by atoms with van der Waals surface area (Å²) in [4.78, 5) is 29.1. The van der Waals surface area contributed by atoms with Crippen molar-refractivity contribution in [3.63, 3.8) is 0 Å². The van der Waals surface area contributed by atoms with Gasteiger partial charge in [0.2, 0.25) is 0 Å². The lowest BCUT2D eigenvalue weighted by molar-refractivity contribution is -0.150. The highest BCUT2D eigenvalue weighted by Crippen LogP contribution is 2.32. The maximum absolute atomic E-state index is 12.8. The molecule has 2 aromatic carbocycles. The number of carbonyl (C=O) groups excluding carboxylic acids is 2. The zero-order chi connectivity index (χ0) is 21.7. The molecule has 0 aliphatic carbocycles. The quantitative estimate of drug-likeness (QED) is 0.716. The molecule has 1 amide bonds. The van der Waals surface area contributed by atoms with E-state index >= 15 is 0 Å². The number of carbonyl (C=O) groups is 2. The van der Waals surface area contributed by atoms with Crippen LogP contribution in [0.2, 0.25) is 0 Å². The number of nitrogens with zero attached hydrogens (tertiary/aromatic N) is 2. The Labute approximate surface area is 178 Å². The van der Waals surface area contributed by atoms with E-state index in [9.17, 15) is 9.59 Å².